The van der Waals surface area contributed by atoms with Crippen molar-refractivity contribution in [3.05, 3.63) is 235 Å². The van der Waals surface area contributed by atoms with Crippen molar-refractivity contribution in [2.45, 2.75) is 5.41 Å². The molecule has 0 radical (unpaired) electrons. The van der Waals surface area contributed by atoms with E-state index < -0.39 is 5.41 Å². The predicted octanol–water partition coefficient (Wildman–Crippen LogP) is 14.7. The van der Waals surface area contributed by atoms with Gasteiger partial charge in [-0.1, -0.05) is 115 Å². The number of benzene rings is 8. The molecule has 1 spiro atoms. The Labute approximate surface area is 378 Å². The first kappa shape index (κ1) is 35.5. The van der Waals surface area contributed by atoms with Crippen molar-refractivity contribution in [3.63, 3.8) is 0 Å². The van der Waals surface area contributed by atoms with Crippen molar-refractivity contribution < 1.29 is 9.47 Å². The van der Waals surface area contributed by atoms with E-state index in [9.17, 15) is 0 Å². The molecule has 1 aliphatic carbocycles. The molecule has 12 aromatic rings. The van der Waals surface area contributed by atoms with Gasteiger partial charge in [-0.3, -0.25) is 9.97 Å². The smallest absolute Gasteiger partial charge is 0.151 e. The number of hydrogen-bond donors (Lipinski definition) is 0. The number of ether oxygens (including phenoxy) is 2. The van der Waals surface area contributed by atoms with Crippen LogP contribution in [0.5, 0.6) is 23.0 Å². The van der Waals surface area contributed by atoms with Crippen LogP contribution in [-0.4, -0.2) is 19.1 Å². The molecular formula is C59H35N5O2. The number of pyridine rings is 2. The lowest BCUT2D eigenvalue weighted by Crippen LogP contribution is -2.34. The molecule has 0 amide bonds. The Morgan fingerprint density at radius 3 is 1.55 bits per heavy atom. The van der Waals surface area contributed by atoms with Gasteiger partial charge in [-0.05, 0) is 84.4 Å². The zero-order chi connectivity index (χ0) is 43.1. The third kappa shape index (κ3) is 4.55. The maximum atomic E-state index is 7.37. The lowest BCUT2D eigenvalue weighted by molar-refractivity contribution is 0.435. The Kier molecular flexibility index (Phi) is 7.03. The van der Waals surface area contributed by atoms with E-state index >= 15 is 0 Å². The van der Waals surface area contributed by atoms with Crippen LogP contribution in [0, 0.1) is 0 Å². The number of nitrogens with zero attached hydrogens (tertiary/aromatic N) is 5. The topological polar surface area (TPSA) is 57.3 Å². The van der Waals surface area contributed by atoms with Gasteiger partial charge in [-0.2, -0.15) is 0 Å². The van der Waals surface area contributed by atoms with Crippen molar-refractivity contribution in [2.75, 3.05) is 4.90 Å². The molecule has 8 aromatic carbocycles. The standard InChI is InChI=1S/C59H35N5O2/c1-5-20-45-38(15-1)39-16-2-6-21-46(39)63(45)37-33-44-58(61-35-37)57-43(19-14-32-60-57)59(44)42-31-30-36(62-49-24-9-11-27-52(49)65-53-28-12-10-25-50(53)62)34-55(42)66-54-29-13-26-51(56(54)59)64-47-22-7-3-17-40(47)41-18-4-8-23-48(41)64/h1-35H. The molecule has 7 heteroatoms. The summed E-state index contributed by atoms with van der Waals surface area (Å²) in [5, 5.41) is 4.78. The number of rotatable bonds is 3. The summed E-state index contributed by atoms with van der Waals surface area (Å²) in [6, 6.07) is 71.0. The van der Waals surface area contributed by atoms with Crippen LogP contribution in [0.2, 0.25) is 0 Å². The molecule has 1 unspecified atom stereocenters. The van der Waals surface area contributed by atoms with Gasteiger partial charge in [0.25, 0.3) is 0 Å². The Hall–Kier alpha value is -8.94. The Morgan fingerprint density at radius 2 is 0.894 bits per heavy atom. The molecule has 7 nitrogen and oxygen atoms in total. The summed E-state index contributed by atoms with van der Waals surface area (Å²) < 4.78 is 18.6. The highest BCUT2D eigenvalue weighted by molar-refractivity contribution is 6.10. The third-order valence-electron chi connectivity index (χ3n) is 14.0. The number of anilines is 3. The summed E-state index contributed by atoms with van der Waals surface area (Å²) >= 11 is 0. The fourth-order valence-corrected chi connectivity index (χ4v) is 11.5. The Balaban J connectivity index is 1.07. The molecule has 0 saturated carbocycles. The average molecular weight is 846 g/mol. The number of aromatic nitrogens is 4. The highest BCUT2D eigenvalue weighted by Crippen LogP contribution is 2.64. The van der Waals surface area contributed by atoms with Crippen LogP contribution in [0.1, 0.15) is 22.3 Å². The number of hydrogen-bond acceptors (Lipinski definition) is 5. The molecule has 6 heterocycles. The van der Waals surface area contributed by atoms with Crippen molar-refractivity contribution >= 4 is 60.7 Å². The Morgan fingerprint density at radius 1 is 0.364 bits per heavy atom. The minimum absolute atomic E-state index is 0.755. The second-order valence-corrected chi connectivity index (χ2v) is 17.3. The van der Waals surface area contributed by atoms with Crippen LogP contribution in [0.25, 0.3) is 66.4 Å². The normalized spacial score (nSPS) is 15.2. The first-order valence-corrected chi connectivity index (χ1v) is 22.3. The van der Waals surface area contributed by atoms with E-state index in [1.54, 1.807) is 0 Å². The minimum Gasteiger partial charge on any atom is -0.457 e. The van der Waals surface area contributed by atoms with Crippen molar-refractivity contribution in [3.8, 4) is 45.8 Å². The molecular weight excluding hydrogens is 811 g/mol. The lowest BCUT2D eigenvalue weighted by Gasteiger charge is -2.41. The van der Waals surface area contributed by atoms with Crippen LogP contribution < -0.4 is 14.4 Å². The van der Waals surface area contributed by atoms with Gasteiger partial charge in [-0.25, -0.2) is 0 Å². The maximum Gasteiger partial charge on any atom is 0.151 e. The SMILES string of the molecule is c1ccc2c(c1)Oc1ccccc1N2c1ccc2c(c1)Oc1cccc(-n3c4ccccc4c4ccccc43)c1C21c2cccnc2-c2ncc(-n3c4ccccc4c4ccccc43)cc21. The monoisotopic (exact) mass is 845 g/mol. The molecule has 4 aromatic heterocycles. The fraction of sp³-hybridized carbons (Fsp3) is 0.0169. The van der Waals surface area contributed by atoms with Crippen LogP contribution in [-0.2, 0) is 5.41 Å². The molecule has 66 heavy (non-hydrogen) atoms. The van der Waals surface area contributed by atoms with E-state index in [2.05, 4.69) is 190 Å². The summed E-state index contributed by atoms with van der Waals surface area (Å²) in [6.07, 6.45) is 3.91. The first-order valence-electron chi connectivity index (χ1n) is 22.3. The van der Waals surface area contributed by atoms with Gasteiger partial charge in [0.05, 0.1) is 73.5 Å². The van der Waals surface area contributed by atoms with Gasteiger partial charge >= 0.3 is 0 Å². The van der Waals surface area contributed by atoms with Gasteiger partial charge in [-0.15, -0.1) is 0 Å². The van der Waals surface area contributed by atoms with Crippen LogP contribution in [0.3, 0.4) is 0 Å². The summed E-state index contributed by atoms with van der Waals surface area (Å²) in [4.78, 5) is 12.9. The van der Waals surface area contributed by atoms with Crippen molar-refractivity contribution in [1.29, 1.82) is 0 Å². The van der Waals surface area contributed by atoms with Crippen molar-refractivity contribution in [1.82, 2.24) is 19.1 Å². The van der Waals surface area contributed by atoms with Crippen LogP contribution in [0.4, 0.5) is 17.1 Å². The van der Waals surface area contributed by atoms with E-state index in [4.69, 9.17) is 19.4 Å². The summed E-state index contributed by atoms with van der Waals surface area (Å²) in [5.41, 5.74) is 14.3. The van der Waals surface area contributed by atoms with Gasteiger partial charge in [0.2, 0.25) is 0 Å². The van der Waals surface area contributed by atoms with Gasteiger partial charge in [0.15, 0.2) is 11.5 Å². The highest BCUT2D eigenvalue weighted by Gasteiger charge is 2.54. The van der Waals surface area contributed by atoms with Crippen molar-refractivity contribution in [2.24, 2.45) is 0 Å². The lowest BCUT2D eigenvalue weighted by atomic mass is 9.65. The second-order valence-electron chi connectivity index (χ2n) is 17.3. The second kappa shape index (κ2) is 13.1. The minimum atomic E-state index is -0.925. The quantitative estimate of drug-likeness (QED) is 0.177. The third-order valence-corrected chi connectivity index (χ3v) is 14.0. The van der Waals surface area contributed by atoms with Crippen LogP contribution in [0.15, 0.2) is 213 Å². The molecule has 0 N–H and O–H groups in total. The average Bonchev–Trinajstić information content (AvgIpc) is 3.99. The molecule has 3 aliphatic rings. The maximum absolute atomic E-state index is 7.37. The van der Waals surface area contributed by atoms with E-state index in [-0.39, 0.29) is 0 Å². The summed E-state index contributed by atoms with van der Waals surface area (Å²) in [7, 11) is 0. The molecule has 0 saturated heterocycles. The van der Waals surface area contributed by atoms with E-state index in [0.717, 1.165) is 107 Å². The molecule has 2 aliphatic heterocycles. The molecule has 15 rings (SSSR count). The van der Waals surface area contributed by atoms with E-state index in [1.807, 2.05) is 36.7 Å². The van der Waals surface area contributed by atoms with Crippen LogP contribution >= 0.6 is 0 Å². The zero-order valence-corrected chi connectivity index (χ0v) is 35.3. The number of fused-ring (bicyclic) bond motifs is 17. The molecule has 0 bridgehead atoms. The summed E-state index contributed by atoms with van der Waals surface area (Å²) in [5.74, 6) is 3.11. The molecule has 308 valence electrons. The first-order chi connectivity index (χ1) is 32.8. The largest absolute Gasteiger partial charge is 0.457 e. The van der Waals surface area contributed by atoms with E-state index in [1.165, 1.54) is 21.5 Å². The highest BCUT2D eigenvalue weighted by atomic mass is 16.5. The molecule has 0 fully saturated rings. The summed E-state index contributed by atoms with van der Waals surface area (Å²) in [6.45, 7) is 0. The number of para-hydroxylation sites is 8. The zero-order valence-electron chi connectivity index (χ0n) is 35.3. The van der Waals surface area contributed by atoms with Gasteiger partial charge < -0.3 is 23.5 Å². The van der Waals surface area contributed by atoms with E-state index in [0.29, 0.717) is 0 Å². The fourth-order valence-electron chi connectivity index (χ4n) is 11.5. The Bertz CT molecular complexity index is 3900. The molecule has 1 atom stereocenters. The van der Waals surface area contributed by atoms with Gasteiger partial charge in [0, 0.05) is 50.5 Å². The predicted molar refractivity (Wildman–Crippen MR) is 263 cm³/mol. The van der Waals surface area contributed by atoms with Gasteiger partial charge in [0.1, 0.15) is 11.5 Å².